The van der Waals surface area contributed by atoms with Crippen LogP contribution >= 0.6 is 21.2 Å². The van der Waals surface area contributed by atoms with Gasteiger partial charge in [0.25, 0.3) is 0 Å². The van der Waals surface area contributed by atoms with Crippen molar-refractivity contribution in [1.82, 2.24) is 0 Å². The first-order valence-corrected chi connectivity index (χ1v) is 35.7. The van der Waals surface area contributed by atoms with Crippen LogP contribution in [-0.4, -0.2) is 45.7 Å². The number of allylic oxidation sites excluding steroid dienone is 2. The summed E-state index contributed by atoms with van der Waals surface area (Å²) in [5.41, 5.74) is 3.58. The zero-order valence-corrected chi connectivity index (χ0v) is 29.2. The molecule has 0 spiro atoms. The zero-order chi connectivity index (χ0) is 22.0. The molecule has 164 valence electrons. The van der Waals surface area contributed by atoms with Crippen LogP contribution in [0.15, 0.2) is 31.6 Å². The molecule has 1 aromatic heterocycles. The Morgan fingerprint density at radius 3 is 2.17 bits per heavy atom. The molecule has 0 bridgehead atoms. The molecule has 1 aromatic rings. The Bertz CT molecular complexity index is 777. The SMILES string of the molecule is CCC1=C(c2cccs2)S(=[SiH2])[C]([Sn]([CH3])([CH3])[CH3])=C1CCC(CC)C[CH](C)[Sn]([CH3])([CH3])[CH3]. The monoisotopic (exact) mass is 664 g/mol. The van der Waals surface area contributed by atoms with Gasteiger partial charge in [-0.05, 0) is 0 Å². The first-order valence-electron chi connectivity index (χ1n) is 11.5. The third-order valence-electron chi connectivity index (χ3n) is 6.73. The van der Waals surface area contributed by atoms with Gasteiger partial charge in [-0.2, -0.15) is 0 Å². The Hall–Kier alpha value is 1.34. The molecular formula is C24H44S2SiSn2. The minimum absolute atomic E-state index is 0.352. The molecule has 0 radical (unpaired) electrons. The average Bonchev–Trinajstić information content (AvgIpc) is 3.22. The van der Waals surface area contributed by atoms with Crippen LogP contribution in [0.4, 0.5) is 0 Å². The van der Waals surface area contributed by atoms with E-state index >= 15 is 0 Å². The second-order valence-electron chi connectivity index (χ2n) is 10.9. The number of rotatable bonds is 10. The van der Waals surface area contributed by atoms with Crippen molar-refractivity contribution in [3.63, 3.8) is 0 Å². The van der Waals surface area contributed by atoms with E-state index in [1.54, 1.807) is 15.4 Å². The molecule has 0 N–H and O–H groups in total. The molecule has 5 heteroatoms. The predicted molar refractivity (Wildman–Crippen MR) is 148 cm³/mol. The van der Waals surface area contributed by atoms with Gasteiger partial charge in [-0.1, -0.05) is 0 Å². The topological polar surface area (TPSA) is 0 Å². The summed E-state index contributed by atoms with van der Waals surface area (Å²) in [5.74, 6) is 0.912. The third kappa shape index (κ3) is 6.67. The van der Waals surface area contributed by atoms with Crippen molar-refractivity contribution in [3.05, 3.63) is 36.5 Å². The van der Waals surface area contributed by atoms with Gasteiger partial charge in [0.2, 0.25) is 0 Å². The van der Waals surface area contributed by atoms with Crippen molar-refractivity contribution in [2.45, 2.75) is 86.4 Å². The molecule has 1 aliphatic rings. The van der Waals surface area contributed by atoms with Crippen molar-refractivity contribution >= 4 is 71.8 Å². The van der Waals surface area contributed by atoms with Crippen LogP contribution < -0.4 is 0 Å². The van der Waals surface area contributed by atoms with Crippen molar-refractivity contribution in [3.8, 4) is 0 Å². The standard InChI is InChI=1S/C18H26S2Si.6CH3.2Sn/c1-4-8-14(5-2)10-11-15-13-20(21)18(16(15)6-3)17-9-7-12-19-17;;;;;;;;/h4,7,9,12,14H,5-6,8,10-11,21H2,1-3H3;6*1H3;;. The van der Waals surface area contributed by atoms with E-state index in [1.807, 2.05) is 19.8 Å². The van der Waals surface area contributed by atoms with E-state index in [2.05, 4.69) is 76.9 Å². The fraction of sp³-hybridized carbons (Fsp3) is 0.667. The number of hydrogen-bond donors (Lipinski definition) is 0. The molecule has 3 atom stereocenters. The molecule has 1 aliphatic heterocycles. The summed E-state index contributed by atoms with van der Waals surface area (Å²) in [5, 5.41) is 2.26. The Balaban J connectivity index is 2.34. The van der Waals surface area contributed by atoms with Crippen LogP contribution in [0.3, 0.4) is 0 Å². The van der Waals surface area contributed by atoms with Gasteiger partial charge in [-0.15, -0.1) is 0 Å². The summed E-state index contributed by atoms with van der Waals surface area (Å²) in [7, 11) is 2.65. The van der Waals surface area contributed by atoms with Gasteiger partial charge in [0.1, 0.15) is 0 Å². The normalized spacial score (nSPS) is 20.5. The van der Waals surface area contributed by atoms with Crippen LogP contribution in [0.5, 0.6) is 0 Å². The van der Waals surface area contributed by atoms with Crippen LogP contribution in [0, 0.1) is 5.92 Å². The van der Waals surface area contributed by atoms with E-state index in [4.69, 9.17) is 0 Å². The maximum absolute atomic E-state index is 2.65. The molecule has 3 unspecified atom stereocenters. The second kappa shape index (κ2) is 11.0. The summed E-state index contributed by atoms with van der Waals surface area (Å²) in [6.45, 7) is 7.39. The fourth-order valence-electron chi connectivity index (χ4n) is 4.50. The van der Waals surface area contributed by atoms with E-state index in [0.29, 0.717) is 9.89 Å². The van der Waals surface area contributed by atoms with E-state index in [0.717, 1.165) is 9.85 Å². The molecule has 0 amide bonds. The van der Waals surface area contributed by atoms with Crippen LogP contribution in [0.25, 0.3) is 4.91 Å². The van der Waals surface area contributed by atoms with Gasteiger partial charge in [-0.25, -0.2) is 0 Å². The van der Waals surface area contributed by atoms with Crippen LogP contribution in [0.2, 0.25) is 33.6 Å². The van der Waals surface area contributed by atoms with Gasteiger partial charge in [-0.3, -0.25) is 0 Å². The Morgan fingerprint density at radius 2 is 1.72 bits per heavy atom. The fourth-order valence-corrected chi connectivity index (χ4v) is 32.1. The van der Waals surface area contributed by atoms with Crippen molar-refractivity contribution in [2.24, 2.45) is 5.92 Å². The molecule has 0 saturated heterocycles. The molecule has 0 aliphatic carbocycles. The Kier molecular flexibility index (Phi) is 10.1. The quantitative estimate of drug-likeness (QED) is 0.220. The molecular weight excluding hydrogens is 618 g/mol. The summed E-state index contributed by atoms with van der Waals surface area (Å²) in [6, 6.07) is 4.61. The van der Waals surface area contributed by atoms with Crippen molar-refractivity contribution in [2.75, 3.05) is 0 Å². The molecule has 0 aromatic carbocycles. The first kappa shape index (κ1) is 26.6. The van der Waals surface area contributed by atoms with Gasteiger partial charge < -0.3 is 0 Å². The Labute approximate surface area is 198 Å². The molecule has 2 heterocycles. The van der Waals surface area contributed by atoms with Gasteiger partial charge in [0.15, 0.2) is 0 Å². The summed E-state index contributed by atoms with van der Waals surface area (Å²) >= 11 is -1.97. The second-order valence-corrected chi connectivity index (χ2v) is 46.8. The van der Waals surface area contributed by atoms with Gasteiger partial charge in [0, 0.05) is 0 Å². The van der Waals surface area contributed by atoms with Crippen molar-refractivity contribution < 1.29 is 0 Å². The minimum atomic E-state index is -2.15. The van der Waals surface area contributed by atoms with Crippen molar-refractivity contribution in [1.29, 1.82) is 0 Å². The Morgan fingerprint density at radius 1 is 1.07 bits per heavy atom. The summed E-state index contributed by atoms with van der Waals surface area (Å²) < 4.78 is 2.97. The summed E-state index contributed by atoms with van der Waals surface area (Å²) in [4.78, 5) is 19.1. The molecule has 0 saturated carbocycles. The van der Waals surface area contributed by atoms with Gasteiger partial charge in [0.05, 0.1) is 0 Å². The molecule has 0 fully saturated rings. The van der Waals surface area contributed by atoms with Crippen LogP contribution in [-0.2, 0) is 0 Å². The average molecular weight is 662 g/mol. The van der Waals surface area contributed by atoms with E-state index < -0.39 is 36.8 Å². The first-order chi connectivity index (χ1) is 13.4. The molecule has 29 heavy (non-hydrogen) atoms. The number of thiophene rings is 1. The molecule has 2 rings (SSSR count). The molecule has 0 nitrogen and oxygen atoms in total. The summed E-state index contributed by atoms with van der Waals surface area (Å²) in [6.07, 6.45) is 6.79. The predicted octanol–water partition coefficient (Wildman–Crippen LogP) is 8.76. The number of hydrogen-bond acceptors (Lipinski definition) is 1. The van der Waals surface area contributed by atoms with E-state index in [1.165, 1.54) is 32.1 Å². The third-order valence-corrected chi connectivity index (χ3v) is 33.7. The van der Waals surface area contributed by atoms with E-state index in [9.17, 15) is 0 Å². The van der Waals surface area contributed by atoms with Crippen LogP contribution in [0.1, 0.15) is 57.8 Å². The van der Waals surface area contributed by atoms with E-state index in [-0.39, 0.29) is 0 Å². The maximum atomic E-state index is 2.65. The van der Waals surface area contributed by atoms with Gasteiger partial charge >= 0.3 is 201 Å². The zero-order valence-electron chi connectivity index (χ0n) is 20.4.